The smallest absolute Gasteiger partial charge is 0.255 e. The molecule has 4 nitrogen and oxygen atoms in total. The molecule has 2 aromatic carbocycles. The maximum absolute atomic E-state index is 12.9. The van der Waals surface area contributed by atoms with Gasteiger partial charge in [0.15, 0.2) is 5.54 Å². The lowest BCUT2D eigenvalue weighted by molar-refractivity contribution is -0.120. The summed E-state index contributed by atoms with van der Waals surface area (Å²) < 4.78 is 0. The number of aromatic amines is 1. The van der Waals surface area contributed by atoms with Crippen LogP contribution in [0.4, 0.5) is 5.69 Å². The van der Waals surface area contributed by atoms with Gasteiger partial charge in [0.05, 0.1) is 5.69 Å². The van der Waals surface area contributed by atoms with Gasteiger partial charge >= 0.3 is 0 Å². The third-order valence-corrected chi connectivity index (χ3v) is 5.12. The molecule has 2 aliphatic heterocycles. The first-order valence-corrected chi connectivity index (χ1v) is 7.98. The highest BCUT2D eigenvalue weighted by molar-refractivity contribution is 6.09. The molecule has 1 amide bonds. The topological polar surface area (TPSA) is 56.9 Å². The Morgan fingerprint density at radius 3 is 2.91 bits per heavy atom. The summed E-state index contributed by atoms with van der Waals surface area (Å²) in [5.74, 6) is 0.00271. The van der Waals surface area contributed by atoms with Crippen molar-refractivity contribution in [1.29, 1.82) is 0 Å². The summed E-state index contributed by atoms with van der Waals surface area (Å²) in [7, 11) is 0. The van der Waals surface area contributed by atoms with Crippen LogP contribution in [0.5, 0.6) is 0 Å². The van der Waals surface area contributed by atoms with E-state index in [2.05, 4.69) is 40.7 Å². The van der Waals surface area contributed by atoms with Crippen LogP contribution < -0.4 is 10.6 Å². The van der Waals surface area contributed by atoms with E-state index in [1.807, 2.05) is 24.3 Å². The molecule has 0 bridgehead atoms. The first-order valence-electron chi connectivity index (χ1n) is 7.98. The number of anilines is 1. The Hall–Kier alpha value is -2.59. The fourth-order valence-electron chi connectivity index (χ4n) is 4.09. The number of rotatable bonds is 0. The third kappa shape index (κ3) is 1.51. The van der Waals surface area contributed by atoms with E-state index >= 15 is 0 Å². The molecule has 114 valence electrons. The van der Waals surface area contributed by atoms with Gasteiger partial charge in [-0.3, -0.25) is 10.1 Å². The standard InChI is InChI=1S/C19H17N3O/c1-11-6-7-15-13(10-11)12-8-9-20-19(17(12)21-15)14-4-2-3-5-16(14)22-18(19)23/h2-7,10,20-21H,8-9H2,1H3,(H,22,23)/t19-/m0/s1. The molecular formula is C19H17N3O. The number of hydrogen-bond donors (Lipinski definition) is 3. The molecule has 2 aliphatic rings. The number of para-hydroxylation sites is 1. The molecule has 0 fully saturated rings. The summed E-state index contributed by atoms with van der Waals surface area (Å²) >= 11 is 0. The zero-order chi connectivity index (χ0) is 15.6. The van der Waals surface area contributed by atoms with Gasteiger partial charge in [0.2, 0.25) is 0 Å². The van der Waals surface area contributed by atoms with Crippen LogP contribution in [0.2, 0.25) is 0 Å². The molecule has 1 atom stereocenters. The normalized spacial score (nSPS) is 22.2. The molecule has 5 rings (SSSR count). The summed E-state index contributed by atoms with van der Waals surface area (Å²) in [4.78, 5) is 16.4. The van der Waals surface area contributed by atoms with Crippen LogP contribution in [-0.2, 0) is 16.8 Å². The van der Waals surface area contributed by atoms with Crippen LogP contribution in [-0.4, -0.2) is 17.4 Å². The Morgan fingerprint density at radius 1 is 1.13 bits per heavy atom. The van der Waals surface area contributed by atoms with Crippen molar-refractivity contribution in [1.82, 2.24) is 10.3 Å². The monoisotopic (exact) mass is 303 g/mol. The third-order valence-electron chi connectivity index (χ3n) is 5.12. The van der Waals surface area contributed by atoms with Gasteiger partial charge in [-0.2, -0.15) is 0 Å². The van der Waals surface area contributed by atoms with Crippen LogP contribution >= 0.6 is 0 Å². The maximum atomic E-state index is 12.9. The average molecular weight is 303 g/mol. The second kappa shape index (κ2) is 4.24. The van der Waals surface area contributed by atoms with Crippen LogP contribution in [0.15, 0.2) is 42.5 Å². The number of aryl methyl sites for hydroxylation is 1. The lowest BCUT2D eigenvalue weighted by Gasteiger charge is -2.33. The first-order chi connectivity index (χ1) is 11.2. The summed E-state index contributed by atoms with van der Waals surface area (Å²) in [6.07, 6.45) is 0.927. The van der Waals surface area contributed by atoms with Gasteiger partial charge in [-0.1, -0.05) is 29.8 Å². The van der Waals surface area contributed by atoms with E-state index in [1.54, 1.807) is 0 Å². The number of aromatic nitrogens is 1. The Morgan fingerprint density at radius 2 is 2.00 bits per heavy atom. The second-order valence-corrected chi connectivity index (χ2v) is 6.45. The Balaban J connectivity index is 1.86. The summed E-state index contributed by atoms with van der Waals surface area (Å²) in [5.41, 5.74) is 5.70. The van der Waals surface area contributed by atoms with E-state index in [-0.39, 0.29) is 5.91 Å². The zero-order valence-electron chi connectivity index (χ0n) is 12.9. The predicted molar refractivity (Wildman–Crippen MR) is 90.6 cm³/mol. The molecule has 23 heavy (non-hydrogen) atoms. The highest BCUT2D eigenvalue weighted by Crippen LogP contribution is 2.45. The SMILES string of the molecule is Cc1ccc2[nH]c3c(c2c1)CCN[C@]31C(=O)Nc2ccccc21. The van der Waals surface area contributed by atoms with Crippen molar-refractivity contribution < 1.29 is 4.79 Å². The van der Waals surface area contributed by atoms with E-state index in [0.717, 1.165) is 35.4 Å². The van der Waals surface area contributed by atoms with Crippen LogP contribution in [0.3, 0.4) is 0 Å². The molecule has 0 unspecified atom stereocenters. The van der Waals surface area contributed by atoms with E-state index in [1.165, 1.54) is 16.5 Å². The minimum atomic E-state index is -0.795. The molecule has 3 N–H and O–H groups in total. The van der Waals surface area contributed by atoms with E-state index < -0.39 is 5.54 Å². The zero-order valence-corrected chi connectivity index (χ0v) is 12.9. The van der Waals surface area contributed by atoms with Crippen molar-refractivity contribution >= 4 is 22.5 Å². The van der Waals surface area contributed by atoms with Gasteiger partial charge in [-0.15, -0.1) is 0 Å². The molecule has 3 aromatic rings. The molecule has 1 aromatic heterocycles. The van der Waals surface area contributed by atoms with Crippen molar-refractivity contribution in [2.45, 2.75) is 18.9 Å². The van der Waals surface area contributed by atoms with E-state index in [9.17, 15) is 4.79 Å². The lowest BCUT2D eigenvalue weighted by Crippen LogP contribution is -2.53. The number of carbonyl (C=O) groups excluding carboxylic acids is 1. The number of carbonyl (C=O) groups is 1. The molecule has 0 aliphatic carbocycles. The van der Waals surface area contributed by atoms with Gasteiger partial charge in [0.25, 0.3) is 5.91 Å². The van der Waals surface area contributed by atoms with E-state index in [4.69, 9.17) is 0 Å². The minimum Gasteiger partial charge on any atom is -0.356 e. The Bertz CT molecular complexity index is 972. The molecular weight excluding hydrogens is 286 g/mol. The van der Waals surface area contributed by atoms with Gasteiger partial charge in [-0.25, -0.2) is 0 Å². The van der Waals surface area contributed by atoms with Gasteiger partial charge in [0.1, 0.15) is 0 Å². The summed E-state index contributed by atoms with van der Waals surface area (Å²) in [5, 5.41) is 7.76. The fourth-order valence-corrected chi connectivity index (χ4v) is 4.09. The largest absolute Gasteiger partial charge is 0.356 e. The number of fused-ring (bicyclic) bond motifs is 6. The predicted octanol–water partition coefficient (Wildman–Crippen LogP) is 2.82. The Kier molecular flexibility index (Phi) is 2.38. The number of benzene rings is 2. The molecule has 4 heteroatoms. The lowest BCUT2D eigenvalue weighted by atomic mass is 9.82. The summed E-state index contributed by atoms with van der Waals surface area (Å²) in [6, 6.07) is 14.4. The molecule has 0 saturated heterocycles. The van der Waals surface area contributed by atoms with Gasteiger partial charge in [0, 0.05) is 28.7 Å². The van der Waals surface area contributed by atoms with Crippen LogP contribution in [0.1, 0.15) is 22.4 Å². The fraction of sp³-hybridized carbons (Fsp3) is 0.211. The van der Waals surface area contributed by atoms with Crippen LogP contribution in [0.25, 0.3) is 10.9 Å². The highest BCUT2D eigenvalue weighted by atomic mass is 16.2. The van der Waals surface area contributed by atoms with Crippen molar-refractivity contribution in [2.75, 3.05) is 11.9 Å². The van der Waals surface area contributed by atoms with Crippen molar-refractivity contribution in [3.05, 3.63) is 64.8 Å². The minimum absolute atomic E-state index is 0.00271. The number of H-pyrrole nitrogens is 1. The molecule has 3 heterocycles. The molecule has 0 radical (unpaired) electrons. The average Bonchev–Trinajstić information content (AvgIpc) is 3.06. The number of nitrogens with one attached hydrogen (secondary N) is 3. The quantitative estimate of drug-likeness (QED) is 0.598. The molecule has 1 spiro atoms. The van der Waals surface area contributed by atoms with E-state index in [0.29, 0.717) is 0 Å². The first kappa shape index (κ1) is 12.9. The van der Waals surface area contributed by atoms with Crippen molar-refractivity contribution in [2.24, 2.45) is 0 Å². The maximum Gasteiger partial charge on any atom is 0.255 e. The second-order valence-electron chi connectivity index (χ2n) is 6.45. The van der Waals surface area contributed by atoms with Gasteiger partial charge in [-0.05, 0) is 37.1 Å². The molecule has 0 saturated carbocycles. The number of amides is 1. The highest BCUT2D eigenvalue weighted by Gasteiger charge is 2.51. The van der Waals surface area contributed by atoms with Gasteiger partial charge < -0.3 is 10.3 Å². The van der Waals surface area contributed by atoms with Crippen molar-refractivity contribution in [3.63, 3.8) is 0 Å². The summed E-state index contributed by atoms with van der Waals surface area (Å²) in [6.45, 7) is 2.89. The number of hydrogen-bond acceptors (Lipinski definition) is 2. The Labute approximate surface area is 133 Å². The van der Waals surface area contributed by atoms with Crippen molar-refractivity contribution in [3.8, 4) is 0 Å². The van der Waals surface area contributed by atoms with Crippen LogP contribution in [0, 0.1) is 6.92 Å².